The van der Waals surface area contributed by atoms with E-state index in [-0.39, 0.29) is 5.91 Å². The van der Waals surface area contributed by atoms with Gasteiger partial charge in [-0.25, -0.2) is 13.4 Å². The van der Waals surface area contributed by atoms with Crippen molar-refractivity contribution in [2.75, 3.05) is 11.0 Å². The lowest BCUT2D eigenvalue weighted by molar-refractivity contribution is 0.0950. The molecule has 0 saturated heterocycles. The molecule has 3 rings (SSSR count). The molecule has 120 valence electrons. The number of carbonyl (C=O) groups is 1. The minimum atomic E-state index is -3.38. The van der Waals surface area contributed by atoms with Crippen molar-refractivity contribution in [2.45, 2.75) is 6.54 Å². The van der Waals surface area contributed by atoms with Gasteiger partial charge in [0.2, 0.25) is 10.0 Å². The van der Waals surface area contributed by atoms with Crippen molar-refractivity contribution in [3.63, 3.8) is 0 Å². The van der Waals surface area contributed by atoms with Crippen LogP contribution in [0.1, 0.15) is 16.1 Å². The van der Waals surface area contributed by atoms with Crippen molar-refractivity contribution in [1.29, 1.82) is 0 Å². The van der Waals surface area contributed by atoms with Crippen molar-refractivity contribution in [2.24, 2.45) is 0 Å². The van der Waals surface area contributed by atoms with E-state index in [1.54, 1.807) is 18.2 Å². The Labute approximate surface area is 137 Å². The van der Waals surface area contributed by atoms with Gasteiger partial charge in [-0.1, -0.05) is 6.07 Å². The summed E-state index contributed by atoms with van der Waals surface area (Å²) in [5, 5.41) is 4.70. The van der Waals surface area contributed by atoms with Crippen molar-refractivity contribution in [3.8, 4) is 0 Å². The maximum absolute atomic E-state index is 12.2. The molecule has 2 aromatic heterocycles. The van der Waals surface area contributed by atoms with Gasteiger partial charge in [0.1, 0.15) is 0 Å². The number of hydrogen-bond acceptors (Lipinski definition) is 5. The molecule has 0 spiro atoms. The Hall–Kier alpha value is -2.39. The van der Waals surface area contributed by atoms with Crippen LogP contribution in [0.2, 0.25) is 0 Å². The van der Waals surface area contributed by atoms with Gasteiger partial charge in [-0.15, -0.1) is 11.3 Å². The maximum atomic E-state index is 12.2. The first-order chi connectivity index (χ1) is 10.9. The van der Waals surface area contributed by atoms with Crippen LogP contribution in [0.4, 0.5) is 5.69 Å². The molecule has 0 fully saturated rings. The fraction of sp³-hybridized carbons (Fsp3) is 0.143. The second-order valence-electron chi connectivity index (χ2n) is 4.96. The van der Waals surface area contributed by atoms with Gasteiger partial charge in [0.15, 0.2) is 4.96 Å². The maximum Gasteiger partial charge on any atom is 0.251 e. The Morgan fingerprint density at radius 3 is 2.96 bits per heavy atom. The molecule has 0 aliphatic heterocycles. The largest absolute Gasteiger partial charge is 0.346 e. The van der Waals surface area contributed by atoms with Crippen molar-refractivity contribution in [1.82, 2.24) is 14.7 Å². The minimum Gasteiger partial charge on any atom is -0.346 e. The van der Waals surface area contributed by atoms with E-state index in [0.717, 1.165) is 16.9 Å². The molecule has 1 amide bonds. The van der Waals surface area contributed by atoms with Crippen LogP contribution in [0.25, 0.3) is 4.96 Å². The second-order valence-corrected chi connectivity index (χ2v) is 7.58. The Bertz CT molecular complexity index is 931. The SMILES string of the molecule is CS(=O)(=O)Nc1cccc(C(=O)NCc2cn3ccsc3n2)c1. The average Bonchev–Trinajstić information content (AvgIpc) is 3.04. The van der Waals surface area contributed by atoms with Crippen LogP contribution in [-0.4, -0.2) is 30.0 Å². The van der Waals surface area contributed by atoms with Crippen LogP contribution in [0, 0.1) is 0 Å². The third-order valence-electron chi connectivity index (χ3n) is 3.00. The molecule has 0 unspecified atom stereocenters. The highest BCUT2D eigenvalue weighted by atomic mass is 32.2. The van der Waals surface area contributed by atoms with E-state index in [1.807, 2.05) is 22.2 Å². The number of imidazole rings is 1. The van der Waals surface area contributed by atoms with Crippen molar-refractivity contribution >= 4 is 37.9 Å². The first-order valence-electron chi connectivity index (χ1n) is 6.68. The smallest absolute Gasteiger partial charge is 0.251 e. The van der Waals surface area contributed by atoms with Crippen LogP contribution in [-0.2, 0) is 16.6 Å². The van der Waals surface area contributed by atoms with Gasteiger partial charge in [0, 0.05) is 29.0 Å². The van der Waals surface area contributed by atoms with E-state index in [4.69, 9.17) is 0 Å². The molecule has 2 heterocycles. The minimum absolute atomic E-state index is 0.293. The van der Waals surface area contributed by atoms with Gasteiger partial charge in [-0.2, -0.15) is 0 Å². The highest BCUT2D eigenvalue weighted by Crippen LogP contribution is 2.13. The molecule has 0 aliphatic rings. The summed E-state index contributed by atoms with van der Waals surface area (Å²) in [4.78, 5) is 17.4. The summed E-state index contributed by atoms with van der Waals surface area (Å²) in [6, 6.07) is 6.31. The zero-order chi connectivity index (χ0) is 16.4. The summed E-state index contributed by atoms with van der Waals surface area (Å²) in [6.45, 7) is 0.303. The summed E-state index contributed by atoms with van der Waals surface area (Å²) < 4.78 is 26.7. The third-order valence-corrected chi connectivity index (χ3v) is 4.38. The topological polar surface area (TPSA) is 92.6 Å². The molecule has 23 heavy (non-hydrogen) atoms. The van der Waals surface area contributed by atoms with E-state index in [1.165, 1.54) is 17.4 Å². The molecule has 0 aliphatic carbocycles. The Kier molecular flexibility index (Phi) is 4.05. The molecular formula is C14H14N4O3S2. The van der Waals surface area contributed by atoms with Gasteiger partial charge in [-0.05, 0) is 18.2 Å². The first kappa shape index (κ1) is 15.5. The number of fused-ring (bicyclic) bond motifs is 1. The second kappa shape index (κ2) is 6.01. The number of nitrogens with one attached hydrogen (secondary N) is 2. The highest BCUT2D eigenvalue weighted by Gasteiger charge is 2.09. The summed E-state index contributed by atoms with van der Waals surface area (Å²) in [5.41, 5.74) is 1.48. The summed E-state index contributed by atoms with van der Waals surface area (Å²) >= 11 is 1.52. The molecule has 0 bridgehead atoms. The summed E-state index contributed by atoms with van der Waals surface area (Å²) in [7, 11) is -3.38. The molecule has 0 saturated carbocycles. The first-order valence-corrected chi connectivity index (χ1v) is 9.45. The van der Waals surface area contributed by atoms with Crippen molar-refractivity contribution < 1.29 is 13.2 Å². The predicted molar refractivity (Wildman–Crippen MR) is 89.1 cm³/mol. The van der Waals surface area contributed by atoms with Crippen molar-refractivity contribution in [3.05, 3.63) is 53.3 Å². The number of aromatic nitrogens is 2. The monoisotopic (exact) mass is 350 g/mol. The third kappa shape index (κ3) is 3.88. The average molecular weight is 350 g/mol. The van der Waals surface area contributed by atoms with Crippen LogP contribution in [0.5, 0.6) is 0 Å². The fourth-order valence-corrected chi connectivity index (χ4v) is 3.35. The van der Waals surface area contributed by atoms with E-state index in [9.17, 15) is 13.2 Å². The lowest BCUT2D eigenvalue weighted by atomic mass is 10.2. The van der Waals surface area contributed by atoms with E-state index >= 15 is 0 Å². The van der Waals surface area contributed by atoms with Crippen LogP contribution >= 0.6 is 11.3 Å². The van der Waals surface area contributed by atoms with E-state index in [0.29, 0.717) is 17.8 Å². The van der Waals surface area contributed by atoms with E-state index in [2.05, 4.69) is 15.0 Å². The summed E-state index contributed by atoms with van der Waals surface area (Å²) in [6.07, 6.45) is 4.82. The molecule has 7 nitrogen and oxygen atoms in total. The number of rotatable bonds is 5. The van der Waals surface area contributed by atoms with Crippen LogP contribution in [0.3, 0.4) is 0 Å². The lowest BCUT2D eigenvalue weighted by Gasteiger charge is -2.07. The molecule has 0 radical (unpaired) electrons. The zero-order valence-electron chi connectivity index (χ0n) is 12.2. The number of sulfonamides is 1. The Morgan fingerprint density at radius 1 is 1.39 bits per heavy atom. The van der Waals surface area contributed by atoms with Crippen LogP contribution < -0.4 is 10.0 Å². The number of thiazole rings is 1. The zero-order valence-corrected chi connectivity index (χ0v) is 13.8. The molecular weight excluding hydrogens is 336 g/mol. The predicted octanol–water partition coefficient (Wildman–Crippen LogP) is 1.70. The number of carbonyl (C=O) groups excluding carboxylic acids is 1. The Morgan fingerprint density at radius 2 is 2.22 bits per heavy atom. The number of amides is 1. The molecule has 0 atom stereocenters. The molecule has 2 N–H and O–H groups in total. The Balaban J connectivity index is 1.68. The van der Waals surface area contributed by atoms with Gasteiger partial charge in [0.25, 0.3) is 5.91 Å². The van der Waals surface area contributed by atoms with Gasteiger partial charge in [0.05, 0.1) is 18.5 Å². The highest BCUT2D eigenvalue weighted by molar-refractivity contribution is 7.92. The molecule has 9 heteroatoms. The summed E-state index contributed by atoms with van der Waals surface area (Å²) in [5.74, 6) is -0.293. The lowest BCUT2D eigenvalue weighted by Crippen LogP contribution is -2.23. The van der Waals surface area contributed by atoms with Gasteiger partial charge >= 0.3 is 0 Å². The quantitative estimate of drug-likeness (QED) is 0.732. The number of hydrogen-bond donors (Lipinski definition) is 2. The molecule has 1 aromatic carbocycles. The standard InChI is InChI=1S/C14H14N4O3S2/c1-23(20,21)17-11-4-2-3-10(7-11)13(19)15-8-12-9-18-5-6-22-14(18)16-12/h2-7,9,17H,8H2,1H3,(H,15,19). The molecule has 3 aromatic rings. The normalized spacial score (nSPS) is 11.5. The van der Waals surface area contributed by atoms with Gasteiger partial charge < -0.3 is 5.32 Å². The number of anilines is 1. The van der Waals surface area contributed by atoms with Crippen LogP contribution in [0.15, 0.2) is 42.0 Å². The van der Waals surface area contributed by atoms with E-state index < -0.39 is 10.0 Å². The number of nitrogens with zero attached hydrogens (tertiary/aromatic N) is 2. The number of benzene rings is 1. The fourth-order valence-electron chi connectivity index (χ4n) is 2.07. The van der Waals surface area contributed by atoms with Gasteiger partial charge in [-0.3, -0.25) is 13.9 Å².